The first-order chi connectivity index (χ1) is 15.3. The van der Waals surface area contributed by atoms with Crippen LogP contribution in [0.3, 0.4) is 0 Å². The van der Waals surface area contributed by atoms with Gasteiger partial charge in [0.05, 0.1) is 12.2 Å². The number of anilines is 2. The van der Waals surface area contributed by atoms with E-state index in [4.69, 9.17) is 0 Å². The molecule has 0 unspecified atom stereocenters. The lowest BCUT2D eigenvalue weighted by atomic mass is 9.96. The minimum atomic E-state index is -4.56. The first-order valence-electron chi connectivity index (χ1n) is 10.4. The molecule has 0 spiro atoms. The normalized spacial score (nSPS) is 20.3. The smallest absolute Gasteiger partial charge is 0.363 e. The summed E-state index contributed by atoms with van der Waals surface area (Å²) >= 11 is 0. The largest absolute Gasteiger partial charge is 0.410 e. The second-order valence-electron chi connectivity index (χ2n) is 8.08. The molecule has 1 N–H and O–H groups in total. The standard InChI is InChI=1S/C23H20F4N4O/c24-16-9-7-14(8-10-16)18-12-20(23(25,26)27)31-21(29-18)17(13-28-31)22(32)30-11-3-5-15-4-1-2-6-19(15)30/h1-2,4,6-10,13,18,20,29H,3,5,11-12H2/t18-,20+/m1/s1. The summed E-state index contributed by atoms with van der Waals surface area (Å²) in [7, 11) is 0. The average Bonchev–Trinajstić information content (AvgIpc) is 3.21. The number of rotatable bonds is 2. The Morgan fingerprint density at radius 2 is 1.84 bits per heavy atom. The lowest BCUT2D eigenvalue weighted by molar-refractivity contribution is -0.173. The monoisotopic (exact) mass is 444 g/mol. The lowest BCUT2D eigenvalue weighted by Gasteiger charge is -2.35. The maximum absolute atomic E-state index is 13.9. The molecule has 0 saturated carbocycles. The molecule has 0 radical (unpaired) electrons. The van der Waals surface area contributed by atoms with Crippen molar-refractivity contribution in [1.29, 1.82) is 0 Å². The maximum atomic E-state index is 13.9. The van der Waals surface area contributed by atoms with E-state index in [1.165, 1.54) is 30.5 Å². The van der Waals surface area contributed by atoms with Gasteiger partial charge in [-0.1, -0.05) is 30.3 Å². The van der Waals surface area contributed by atoms with Crippen LogP contribution in [-0.4, -0.2) is 28.4 Å². The van der Waals surface area contributed by atoms with Crippen LogP contribution in [0.4, 0.5) is 29.1 Å². The van der Waals surface area contributed by atoms with Crippen molar-refractivity contribution in [1.82, 2.24) is 9.78 Å². The Morgan fingerprint density at radius 1 is 1.09 bits per heavy atom. The van der Waals surface area contributed by atoms with Crippen molar-refractivity contribution in [3.05, 3.63) is 77.2 Å². The first-order valence-corrected chi connectivity index (χ1v) is 10.4. The Kier molecular flexibility index (Phi) is 4.91. The van der Waals surface area contributed by atoms with E-state index in [1.807, 2.05) is 24.3 Å². The van der Waals surface area contributed by atoms with Gasteiger partial charge in [-0.2, -0.15) is 18.3 Å². The van der Waals surface area contributed by atoms with Gasteiger partial charge in [-0.25, -0.2) is 9.07 Å². The summed E-state index contributed by atoms with van der Waals surface area (Å²) < 4.78 is 55.9. The molecular formula is C23H20F4N4O. The van der Waals surface area contributed by atoms with E-state index in [2.05, 4.69) is 10.4 Å². The van der Waals surface area contributed by atoms with Gasteiger partial charge >= 0.3 is 6.18 Å². The number of carbonyl (C=O) groups excluding carboxylic acids is 1. The SMILES string of the molecule is O=C(c1cnn2c1N[C@@H](c1ccc(F)cc1)C[C@H]2C(F)(F)F)N1CCCc2ccccc21. The zero-order chi connectivity index (χ0) is 22.5. The van der Waals surface area contributed by atoms with Gasteiger partial charge in [-0.05, 0) is 42.2 Å². The van der Waals surface area contributed by atoms with Crippen LogP contribution in [0.2, 0.25) is 0 Å². The second-order valence-corrected chi connectivity index (χ2v) is 8.08. The van der Waals surface area contributed by atoms with Crippen molar-refractivity contribution >= 4 is 17.4 Å². The lowest BCUT2D eigenvalue weighted by Crippen LogP contribution is -2.38. The van der Waals surface area contributed by atoms with E-state index >= 15 is 0 Å². The number of amides is 1. The number of benzene rings is 2. The Labute approximate surface area is 181 Å². The Balaban J connectivity index is 1.54. The zero-order valence-corrected chi connectivity index (χ0v) is 16.9. The van der Waals surface area contributed by atoms with Gasteiger partial charge in [0, 0.05) is 18.7 Å². The molecule has 2 aromatic carbocycles. The van der Waals surface area contributed by atoms with Crippen molar-refractivity contribution in [2.75, 3.05) is 16.8 Å². The third-order valence-corrected chi connectivity index (χ3v) is 6.10. The molecule has 3 aromatic rings. The Hall–Kier alpha value is -3.36. The van der Waals surface area contributed by atoms with E-state index in [1.54, 1.807) is 4.90 Å². The van der Waals surface area contributed by atoms with Gasteiger partial charge < -0.3 is 10.2 Å². The topological polar surface area (TPSA) is 50.2 Å². The number of aromatic nitrogens is 2. The molecule has 0 fully saturated rings. The van der Waals surface area contributed by atoms with Crippen LogP contribution in [0.5, 0.6) is 0 Å². The molecule has 3 heterocycles. The molecule has 0 bridgehead atoms. The van der Waals surface area contributed by atoms with Crippen molar-refractivity contribution < 1.29 is 22.4 Å². The van der Waals surface area contributed by atoms with Gasteiger partial charge in [0.25, 0.3) is 5.91 Å². The van der Waals surface area contributed by atoms with Crippen LogP contribution in [0.25, 0.3) is 0 Å². The van der Waals surface area contributed by atoms with Gasteiger partial charge in [-0.3, -0.25) is 4.79 Å². The molecule has 5 nitrogen and oxygen atoms in total. The summed E-state index contributed by atoms with van der Waals surface area (Å²) in [6.07, 6.45) is -2.06. The van der Waals surface area contributed by atoms with Gasteiger partial charge in [0.15, 0.2) is 6.04 Å². The predicted molar refractivity (Wildman–Crippen MR) is 111 cm³/mol. The number of nitrogens with one attached hydrogen (secondary N) is 1. The molecule has 2 aliphatic rings. The molecule has 9 heteroatoms. The molecule has 5 rings (SSSR count). The highest BCUT2D eigenvalue weighted by Crippen LogP contribution is 2.44. The van der Waals surface area contributed by atoms with E-state index < -0.39 is 30.0 Å². The summed E-state index contributed by atoms with van der Waals surface area (Å²) in [5.74, 6) is -0.839. The number of para-hydroxylation sites is 1. The number of nitrogens with zero attached hydrogens (tertiary/aromatic N) is 3. The molecular weight excluding hydrogens is 424 g/mol. The number of carbonyl (C=O) groups is 1. The molecule has 1 amide bonds. The van der Waals surface area contributed by atoms with E-state index in [0.29, 0.717) is 12.1 Å². The van der Waals surface area contributed by atoms with Crippen LogP contribution in [-0.2, 0) is 6.42 Å². The predicted octanol–water partition coefficient (Wildman–Crippen LogP) is 5.28. The number of alkyl halides is 3. The van der Waals surface area contributed by atoms with Gasteiger partial charge in [0.2, 0.25) is 0 Å². The fourth-order valence-corrected chi connectivity index (χ4v) is 4.52. The molecule has 0 saturated heterocycles. The van der Waals surface area contributed by atoms with Crippen molar-refractivity contribution in [3.63, 3.8) is 0 Å². The minimum Gasteiger partial charge on any atom is -0.363 e. The van der Waals surface area contributed by atoms with Gasteiger partial charge in [0.1, 0.15) is 17.2 Å². The van der Waals surface area contributed by atoms with Crippen LogP contribution >= 0.6 is 0 Å². The van der Waals surface area contributed by atoms with Gasteiger partial charge in [-0.15, -0.1) is 0 Å². The van der Waals surface area contributed by atoms with Crippen molar-refractivity contribution in [2.24, 2.45) is 0 Å². The summed E-state index contributed by atoms with van der Waals surface area (Å²) in [6, 6.07) is 10.2. The van der Waals surface area contributed by atoms with E-state index in [-0.39, 0.29) is 17.8 Å². The average molecular weight is 444 g/mol. The van der Waals surface area contributed by atoms with E-state index in [0.717, 1.165) is 28.8 Å². The molecule has 0 aliphatic carbocycles. The maximum Gasteiger partial charge on any atom is 0.410 e. The van der Waals surface area contributed by atoms with Crippen LogP contribution < -0.4 is 10.2 Å². The summed E-state index contributed by atoms with van der Waals surface area (Å²) in [4.78, 5) is 15.0. The van der Waals surface area contributed by atoms with Crippen LogP contribution in [0, 0.1) is 5.82 Å². The molecule has 32 heavy (non-hydrogen) atoms. The summed E-state index contributed by atoms with van der Waals surface area (Å²) in [5, 5.41) is 7.00. The highest BCUT2D eigenvalue weighted by molar-refractivity contribution is 6.09. The quantitative estimate of drug-likeness (QED) is 0.548. The van der Waals surface area contributed by atoms with Crippen LogP contribution in [0.1, 0.15) is 46.4 Å². The van der Waals surface area contributed by atoms with Crippen molar-refractivity contribution in [2.45, 2.75) is 37.5 Å². The number of halogens is 4. The van der Waals surface area contributed by atoms with Crippen LogP contribution in [0.15, 0.2) is 54.7 Å². The van der Waals surface area contributed by atoms with E-state index in [9.17, 15) is 22.4 Å². The summed E-state index contributed by atoms with van der Waals surface area (Å²) in [6.45, 7) is 0.477. The third-order valence-electron chi connectivity index (χ3n) is 6.10. The molecule has 166 valence electrons. The Bertz CT molecular complexity index is 1160. The number of hydrogen-bond donors (Lipinski definition) is 1. The fourth-order valence-electron chi connectivity index (χ4n) is 4.52. The third kappa shape index (κ3) is 3.51. The Morgan fingerprint density at radius 3 is 2.59 bits per heavy atom. The first kappa shape index (κ1) is 20.5. The fraction of sp³-hybridized carbons (Fsp3) is 0.304. The summed E-state index contributed by atoms with van der Waals surface area (Å²) in [5.41, 5.74) is 2.39. The molecule has 2 aliphatic heterocycles. The highest BCUT2D eigenvalue weighted by atomic mass is 19.4. The number of hydrogen-bond acceptors (Lipinski definition) is 3. The molecule has 1 aromatic heterocycles. The number of fused-ring (bicyclic) bond motifs is 2. The molecule has 2 atom stereocenters. The second kappa shape index (κ2) is 7.65. The highest BCUT2D eigenvalue weighted by Gasteiger charge is 2.47. The zero-order valence-electron chi connectivity index (χ0n) is 16.9. The number of aryl methyl sites for hydroxylation is 1. The van der Waals surface area contributed by atoms with Crippen molar-refractivity contribution in [3.8, 4) is 0 Å². The minimum absolute atomic E-state index is 0.0287.